The van der Waals surface area contributed by atoms with Crippen molar-refractivity contribution in [3.8, 4) is 0 Å². The third-order valence-electron chi connectivity index (χ3n) is 5.34. The number of rotatable bonds is 5. The Hall–Kier alpha value is -3.00. The van der Waals surface area contributed by atoms with Gasteiger partial charge in [-0.3, -0.25) is 4.79 Å². The number of benzene rings is 1. The minimum Gasteiger partial charge on any atom is -0.364 e. The highest BCUT2D eigenvalue weighted by molar-refractivity contribution is 9.10. The van der Waals surface area contributed by atoms with E-state index >= 15 is 0 Å². The van der Waals surface area contributed by atoms with Crippen molar-refractivity contribution in [3.63, 3.8) is 0 Å². The second-order valence-electron chi connectivity index (χ2n) is 7.42. The summed E-state index contributed by atoms with van der Waals surface area (Å²) in [6.07, 6.45) is 1.61. The van der Waals surface area contributed by atoms with Crippen molar-refractivity contribution in [2.75, 3.05) is 36.4 Å². The summed E-state index contributed by atoms with van der Waals surface area (Å²) in [7, 11) is 0. The molecule has 6 nitrogen and oxygen atoms in total. The molecule has 4 rings (SSSR count). The monoisotopic (exact) mass is 483 g/mol. The molecule has 0 bridgehead atoms. The zero-order valence-corrected chi connectivity index (χ0v) is 18.7. The Kier molecular flexibility index (Phi) is 6.46. The highest BCUT2D eigenvalue weighted by atomic mass is 79.9. The van der Waals surface area contributed by atoms with Gasteiger partial charge in [0.2, 0.25) is 5.95 Å². The smallest absolute Gasteiger partial charge is 0.255 e. The number of nitrogens with zero attached hydrogens (tertiary/aromatic N) is 4. The topological polar surface area (TPSA) is 61.4 Å². The van der Waals surface area contributed by atoms with Gasteiger partial charge in [-0.2, -0.15) is 4.39 Å². The number of piperazine rings is 1. The molecule has 31 heavy (non-hydrogen) atoms. The van der Waals surface area contributed by atoms with E-state index in [1.54, 1.807) is 29.3 Å². The van der Waals surface area contributed by atoms with Gasteiger partial charge in [0.25, 0.3) is 5.91 Å². The van der Waals surface area contributed by atoms with Gasteiger partial charge in [-0.25, -0.2) is 9.97 Å². The van der Waals surface area contributed by atoms with E-state index in [9.17, 15) is 9.18 Å². The van der Waals surface area contributed by atoms with Crippen LogP contribution in [0.3, 0.4) is 0 Å². The lowest BCUT2D eigenvalue weighted by molar-refractivity contribution is 0.0746. The Balaban J connectivity index is 1.35. The van der Waals surface area contributed by atoms with E-state index in [1.807, 2.05) is 29.2 Å². The molecule has 0 aliphatic carbocycles. The van der Waals surface area contributed by atoms with Crippen LogP contribution in [-0.4, -0.2) is 47.0 Å². The molecule has 1 aliphatic rings. The van der Waals surface area contributed by atoms with E-state index in [1.165, 1.54) is 6.07 Å². The molecular formula is C23H23BrFN5O. The number of carbonyl (C=O) groups is 1. The number of aromatic nitrogens is 2. The van der Waals surface area contributed by atoms with Gasteiger partial charge < -0.3 is 15.1 Å². The Labute approximate surface area is 189 Å². The molecule has 8 heteroatoms. The lowest BCUT2D eigenvalue weighted by Gasteiger charge is -2.35. The van der Waals surface area contributed by atoms with Crippen molar-refractivity contribution in [2.45, 2.75) is 13.0 Å². The maximum Gasteiger partial charge on any atom is 0.255 e. The summed E-state index contributed by atoms with van der Waals surface area (Å²) in [5, 5.41) is 3.36. The molecule has 3 aromatic rings. The fourth-order valence-corrected chi connectivity index (χ4v) is 4.25. The zero-order valence-electron chi connectivity index (χ0n) is 17.1. The number of hydrogen-bond donors (Lipinski definition) is 1. The normalized spacial score (nSPS) is 14.9. The molecule has 0 radical (unpaired) electrons. The first-order chi connectivity index (χ1) is 15.0. The molecule has 1 aromatic carbocycles. The van der Waals surface area contributed by atoms with Crippen LogP contribution in [0.15, 0.2) is 65.3 Å². The SMILES string of the molecule is CC(Nc1ccc(C(=O)N2CCN(c3cccc(F)n3)CC2)cn1)c1ccccc1Br. The first-order valence-electron chi connectivity index (χ1n) is 10.1. The molecule has 1 unspecified atom stereocenters. The van der Waals surface area contributed by atoms with Crippen LogP contribution in [0, 0.1) is 5.95 Å². The standard InChI is InChI=1S/C23H23BrFN5O/c1-16(18-5-2-3-6-19(18)24)27-21-10-9-17(15-26-21)23(31)30-13-11-29(12-14-30)22-8-4-7-20(25)28-22/h2-10,15-16H,11-14H2,1H3,(H,26,27). The van der Waals surface area contributed by atoms with Crippen molar-refractivity contribution in [3.05, 3.63) is 82.3 Å². The third kappa shape index (κ3) is 5.02. The van der Waals surface area contributed by atoms with E-state index in [0.717, 1.165) is 10.0 Å². The maximum atomic E-state index is 13.4. The first-order valence-corrected chi connectivity index (χ1v) is 10.9. The van der Waals surface area contributed by atoms with Crippen LogP contribution in [0.2, 0.25) is 0 Å². The third-order valence-corrected chi connectivity index (χ3v) is 6.06. The van der Waals surface area contributed by atoms with E-state index in [-0.39, 0.29) is 11.9 Å². The molecule has 1 fully saturated rings. The predicted molar refractivity (Wildman–Crippen MR) is 123 cm³/mol. The van der Waals surface area contributed by atoms with Crippen LogP contribution < -0.4 is 10.2 Å². The number of pyridine rings is 2. The summed E-state index contributed by atoms with van der Waals surface area (Å²) in [4.78, 5) is 25.0. The molecule has 2 aromatic heterocycles. The van der Waals surface area contributed by atoms with E-state index in [4.69, 9.17) is 0 Å². The zero-order chi connectivity index (χ0) is 21.8. The van der Waals surface area contributed by atoms with E-state index in [2.05, 4.69) is 44.2 Å². The highest BCUT2D eigenvalue weighted by Gasteiger charge is 2.23. The summed E-state index contributed by atoms with van der Waals surface area (Å²) in [6, 6.07) is 16.5. The van der Waals surface area contributed by atoms with Crippen molar-refractivity contribution >= 4 is 33.5 Å². The molecule has 3 heterocycles. The summed E-state index contributed by atoms with van der Waals surface area (Å²) in [6.45, 7) is 4.39. The molecule has 1 atom stereocenters. The lowest BCUT2D eigenvalue weighted by atomic mass is 10.1. The summed E-state index contributed by atoms with van der Waals surface area (Å²) in [5.41, 5.74) is 1.69. The van der Waals surface area contributed by atoms with Gasteiger partial charge in [0.15, 0.2) is 0 Å². The molecular weight excluding hydrogens is 461 g/mol. The Morgan fingerprint density at radius 1 is 1.06 bits per heavy atom. The summed E-state index contributed by atoms with van der Waals surface area (Å²) in [5.74, 6) is 0.764. The van der Waals surface area contributed by atoms with Crippen molar-refractivity contribution in [1.82, 2.24) is 14.9 Å². The maximum absolute atomic E-state index is 13.4. The fraction of sp³-hybridized carbons (Fsp3) is 0.261. The van der Waals surface area contributed by atoms with Gasteiger partial charge >= 0.3 is 0 Å². The van der Waals surface area contributed by atoms with Crippen LogP contribution in [0.1, 0.15) is 28.9 Å². The first kappa shape index (κ1) is 21.2. The Bertz CT molecular complexity index is 1050. The van der Waals surface area contributed by atoms with E-state index < -0.39 is 5.95 Å². The molecule has 1 amide bonds. The van der Waals surface area contributed by atoms with Crippen molar-refractivity contribution in [2.24, 2.45) is 0 Å². The van der Waals surface area contributed by atoms with Gasteiger partial charge in [-0.05, 0) is 42.8 Å². The van der Waals surface area contributed by atoms with Crippen molar-refractivity contribution < 1.29 is 9.18 Å². The number of anilines is 2. The molecule has 0 saturated carbocycles. The number of amides is 1. The second kappa shape index (κ2) is 9.43. The number of carbonyl (C=O) groups excluding carboxylic acids is 1. The van der Waals surface area contributed by atoms with Gasteiger partial charge in [0.1, 0.15) is 11.6 Å². The van der Waals surface area contributed by atoms with Crippen LogP contribution >= 0.6 is 15.9 Å². The Morgan fingerprint density at radius 3 is 2.52 bits per heavy atom. The van der Waals surface area contributed by atoms with E-state index in [0.29, 0.717) is 43.4 Å². The minimum absolute atomic E-state index is 0.0512. The van der Waals surface area contributed by atoms with Crippen molar-refractivity contribution in [1.29, 1.82) is 0 Å². The highest BCUT2D eigenvalue weighted by Crippen LogP contribution is 2.25. The molecule has 1 aliphatic heterocycles. The lowest BCUT2D eigenvalue weighted by Crippen LogP contribution is -2.49. The minimum atomic E-state index is -0.496. The Morgan fingerprint density at radius 2 is 1.84 bits per heavy atom. The molecule has 0 spiro atoms. The summed E-state index contributed by atoms with van der Waals surface area (Å²) >= 11 is 3.57. The fourth-order valence-electron chi connectivity index (χ4n) is 3.63. The predicted octanol–water partition coefficient (Wildman–Crippen LogP) is 4.51. The average Bonchev–Trinajstić information content (AvgIpc) is 2.79. The van der Waals surface area contributed by atoms with Crippen LogP contribution in [0.4, 0.5) is 16.0 Å². The van der Waals surface area contributed by atoms with Gasteiger partial charge in [0.05, 0.1) is 11.6 Å². The quantitative estimate of drug-likeness (QED) is 0.540. The second-order valence-corrected chi connectivity index (χ2v) is 8.27. The average molecular weight is 484 g/mol. The molecule has 160 valence electrons. The number of halogens is 2. The largest absolute Gasteiger partial charge is 0.364 e. The van der Waals surface area contributed by atoms with Gasteiger partial charge in [0, 0.05) is 36.8 Å². The van der Waals surface area contributed by atoms with Gasteiger partial charge in [-0.1, -0.05) is 40.2 Å². The number of hydrogen-bond acceptors (Lipinski definition) is 5. The summed E-state index contributed by atoms with van der Waals surface area (Å²) < 4.78 is 14.4. The van der Waals surface area contributed by atoms with Crippen LogP contribution in [0.5, 0.6) is 0 Å². The molecule has 1 saturated heterocycles. The van der Waals surface area contributed by atoms with Gasteiger partial charge in [-0.15, -0.1) is 0 Å². The molecule has 1 N–H and O–H groups in total. The van der Waals surface area contributed by atoms with Crippen LogP contribution in [0.25, 0.3) is 0 Å². The number of nitrogens with one attached hydrogen (secondary N) is 1. The van der Waals surface area contributed by atoms with Crippen LogP contribution in [-0.2, 0) is 0 Å².